The Morgan fingerprint density at radius 3 is 2.23 bits per heavy atom. The Morgan fingerprint density at radius 2 is 1.45 bits per heavy atom. The van der Waals surface area contributed by atoms with Gasteiger partial charge in [0.2, 0.25) is 5.88 Å². The molecule has 7 rings (SSSR count). The van der Waals surface area contributed by atoms with Gasteiger partial charge in [-0.2, -0.15) is 0 Å². The number of rotatable bonds is 4. The molecule has 5 heteroatoms. The van der Waals surface area contributed by atoms with Gasteiger partial charge in [0.25, 0.3) is 0 Å². The van der Waals surface area contributed by atoms with Crippen LogP contribution < -0.4 is 9.47 Å². The van der Waals surface area contributed by atoms with Gasteiger partial charge >= 0.3 is 0 Å². The number of hydrogen-bond donors (Lipinski definition) is 0. The van der Waals surface area contributed by atoms with Gasteiger partial charge in [0.1, 0.15) is 23.1 Å². The Labute approximate surface area is 234 Å². The standard InChI is InChI=1S/C35H31N3O2/c1-34(2,3)22-18-27-26-15-14-25(39-23-10-8-11-24(20-23)40-31-13-6-7-16-36-31)21-30(26)38-32(27)29(19-22)35(4,5)28-12-9-17-37-33(28)38/h6-21H,1-5H3. The van der Waals surface area contributed by atoms with Crippen molar-refractivity contribution in [2.75, 3.05) is 0 Å². The summed E-state index contributed by atoms with van der Waals surface area (Å²) >= 11 is 0. The molecule has 0 saturated carbocycles. The zero-order valence-electron chi connectivity index (χ0n) is 23.4. The van der Waals surface area contributed by atoms with E-state index in [4.69, 9.17) is 14.5 Å². The molecule has 0 amide bonds. The Kier molecular flexibility index (Phi) is 5.30. The fourth-order valence-electron chi connectivity index (χ4n) is 5.79. The molecule has 3 aromatic carbocycles. The summed E-state index contributed by atoms with van der Waals surface area (Å²) in [6.45, 7) is 11.5. The molecule has 0 atom stereocenters. The zero-order chi connectivity index (χ0) is 27.6. The number of fused-ring (bicyclic) bond motifs is 5. The molecule has 0 unspecified atom stereocenters. The molecule has 5 nitrogen and oxygen atoms in total. The lowest BCUT2D eigenvalue weighted by atomic mass is 9.73. The van der Waals surface area contributed by atoms with Crippen LogP contribution in [0.5, 0.6) is 23.1 Å². The molecule has 1 aliphatic rings. The van der Waals surface area contributed by atoms with Crippen LogP contribution in [0.3, 0.4) is 0 Å². The summed E-state index contributed by atoms with van der Waals surface area (Å²) in [5, 5.41) is 2.44. The van der Waals surface area contributed by atoms with Gasteiger partial charge in [-0.25, -0.2) is 9.97 Å². The summed E-state index contributed by atoms with van der Waals surface area (Å²) in [6, 6.07) is 28.6. The van der Waals surface area contributed by atoms with Gasteiger partial charge in [-0.3, -0.25) is 4.57 Å². The maximum atomic E-state index is 6.38. The molecule has 1 aliphatic heterocycles. The minimum Gasteiger partial charge on any atom is -0.457 e. The fraction of sp³-hybridized carbons (Fsp3) is 0.200. The summed E-state index contributed by atoms with van der Waals surface area (Å²) < 4.78 is 14.6. The highest BCUT2D eigenvalue weighted by Gasteiger charge is 2.37. The molecule has 0 radical (unpaired) electrons. The molecule has 0 N–H and O–H groups in total. The fourth-order valence-corrected chi connectivity index (χ4v) is 5.79. The van der Waals surface area contributed by atoms with E-state index in [2.05, 4.69) is 74.5 Å². The van der Waals surface area contributed by atoms with Crippen LogP contribution in [-0.2, 0) is 10.8 Å². The first-order valence-electron chi connectivity index (χ1n) is 13.7. The van der Waals surface area contributed by atoms with Gasteiger partial charge in [-0.15, -0.1) is 0 Å². The molecule has 3 aromatic heterocycles. The summed E-state index contributed by atoms with van der Waals surface area (Å²) in [6.07, 6.45) is 3.59. The van der Waals surface area contributed by atoms with Gasteiger partial charge in [-0.05, 0) is 59.0 Å². The molecule has 4 heterocycles. The Bertz CT molecular complexity index is 1910. The third-order valence-corrected chi connectivity index (χ3v) is 7.95. The van der Waals surface area contributed by atoms with Crippen molar-refractivity contribution in [3.05, 3.63) is 114 Å². The van der Waals surface area contributed by atoms with Crippen LogP contribution in [0.25, 0.3) is 27.6 Å². The van der Waals surface area contributed by atoms with Crippen LogP contribution in [-0.4, -0.2) is 14.5 Å². The van der Waals surface area contributed by atoms with Crippen LogP contribution in [0.15, 0.2) is 97.3 Å². The van der Waals surface area contributed by atoms with Crippen molar-refractivity contribution in [3.63, 3.8) is 0 Å². The summed E-state index contributed by atoms with van der Waals surface area (Å²) in [7, 11) is 0. The Hall–Kier alpha value is -4.64. The van der Waals surface area contributed by atoms with Crippen molar-refractivity contribution in [1.29, 1.82) is 0 Å². The van der Waals surface area contributed by atoms with Crippen molar-refractivity contribution >= 4 is 21.8 Å². The number of ether oxygens (including phenoxy) is 2. The average Bonchev–Trinajstić information content (AvgIpc) is 3.26. The first-order chi connectivity index (χ1) is 19.2. The lowest BCUT2D eigenvalue weighted by Gasteiger charge is -2.35. The van der Waals surface area contributed by atoms with Crippen LogP contribution >= 0.6 is 0 Å². The van der Waals surface area contributed by atoms with Crippen molar-refractivity contribution in [3.8, 4) is 28.9 Å². The topological polar surface area (TPSA) is 49.2 Å². The maximum Gasteiger partial charge on any atom is 0.219 e. The smallest absolute Gasteiger partial charge is 0.219 e. The Morgan fingerprint density at radius 1 is 0.675 bits per heavy atom. The first-order valence-corrected chi connectivity index (χ1v) is 13.7. The number of nitrogens with zero attached hydrogens (tertiary/aromatic N) is 3. The second-order valence-corrected chi connectivity index (χ2v) is 12.0. The molecule has 0 bridgehead atoms. The molecule has 198 valence electrons. The van der Waals surface area contributed by atoms with E-state index in [1.54, 1.807) is 6.20 Å². The van der Waals surface area contributed by atoms with Crippen LogP contribution in [0, 0.1) is 0 Å². The van der Waals surface area contributed by atoms with Crippen LogP contribution in [0.2, 0.25) is 0 Å². The van der Waals surface area contributed by atoms with Gasteiger partial charge in [0, 0.05) is 52.3 Å². The summed E-state index contributed by atoms with van der Waals surface area (Å²) in [5.74, 6) is 3.63. The van der Waals surface area contributed by atoms with E-state index in [1.807, 2.05) is 60.8 Å². The second-order valence-electron chi connectivity index (χ2n) is 12.0. The largest absolute Gasteiger partial charge is 0.457 e. The molecule has 0 saturated heterocycles. The first kappa shape index (κ1) is 24.4. The molecular weight excluding hydrogens is 494 g/mol. The minimum atomic E-state index is -0.180. The van der Waals surface area contributed by atoms with Crippen molar-refractivity contribution in [2.45, 2.75) is 45.4 Å². The monoisotopic (exact) mass is 525 g/mol. The molecule has 0 aliphatic carbocycles. The van der Waals surface area contributed by atoms with E-state index in [0.717, 1.165) is 17.1 Å². The van der Waals surface area contributed by atoms with E-state index in [1.165, 1.54) is 33.0 Å². The van der Waals surface area contributed by atoms with Gasteiger partial charge in [0.05, 0.1) is 11.0 Å². The highest BCUT2D eigenvalue weighted by atomic mass is 16.5. The van der Waals surface area contributed by atoms with Crippen molar-refractivity contribution < 1.29 is 9.47 Å². The van der Waals surface area contributed by atoms with Gasteiger partial charge in [-0.1, -0.05) is 58.9 Å². The zero-order valence-corrected chi connectivity index (χ0v) is 23.4. The predicted molar refractivity (Wildman–Crippen MR) is 160 cm³/mol. The van der Waals surface area contributed by atoms with Crippen molar-refractivity contribution in [2.24, 2.45) is 0 Å². The highest BCUT2D eigenvalue weighted by molar-refractivity contribution is 6.12. The number of hydrogen-bond acceptors (Lipinski definition) is 4. The lowest BCUT2D eigenvalue weighted by Crippen LogP contribution is -2.28. The molecule has 0 spiro atoms. The number of aromatic nitrogens is 3. The van der Waals surface area contributed by atoms with E-state index < -0.39 is 0 Å². The molecule has 6 aromatic rings. The van der Waals surface area contributed by atoms with E-state index in [9.17, 15) is 0 Å². The van der Waals surface area contributed by atoms with Crippen LogP contribution in [0.4, 0.5) is 0 Å². The SMILES string of the molecule is CC(C)(C)c1cc2c3c(c1)c1ccc(Oc4cccc(Oc5ccccn5)c4)cc1n3-c1ncccc1C2(C)C. The third-order valence-electron chi connectivity index (χ3n) is 7.95. The summed E-state index contributed by atoms with van der Waals surface area (Å²) in [5.41, 5.74) is 6.03. The normalized spacial score (nSPS) is 13.8. The highest BCUT2D eigenvalue weighted by Crippen LogP contribution is 2.48. The number of pyridine rings is 2. The van der Waals surface area contributed by atoms with Gasteiger partial charge < -0.3 is 9.47 Å². The summed E-state index contributed by atoms with van der Waals surface area (Å²) in [4.78, 5) is 9.15. The second kappa shape index (κ2) is 8.68. The lowest BCUT2D eigenvalue weighted by molar-refractivity contribution is 0.449. The molecule has 0 fully saturated rings. The Balaban J connectivity index is 1.39. The van der Waals surface area contributed by atoms with E-state index in [0.29, 0.717) is 17.4 Å². The molecular formula is C35H31N3O2. The quantitative estimate of drug-likeness (QED) is 0.230. The van der Waals surface area contributed by atoms with Crippen LogP contribution in [0.1, 0.15) is 51.3 Å². The van der Waals surface area contributed by atoms with Gasteiger partial charge in [0.15, 0.2) is 0 Å². The predicted octanol–water partition coefficient (Wildman–Crippen LogP) is 9.10. The maximum absolute atomic E-state index is 6.38. The minimum absolute atomic E-state index is 0.0236. The van der Waals surface area contributed by atoms with E-state index in [-0.39, 0.29) is 10.8 Å². The average molecular weight is 526 g/mol. The molecule has 40 heavy (non-hydrogen) atoms. The van der Waals surface area contributed by atoms with E-state index >= 15 is 0 Å². The number of benzene rings is 3. The van der Waals surface area contributed by atoms with Crippen molar-refractivity contribution in [1.82, 2.24) is 14.5 Å². The third kappa shape index (κ3) is 3.84.